The topological polar surface area (TPSA) is 29.3 Å². The minimum Gasteiger partial charge on any atom is -0.378 e. The first-order valence-electron chi connectivity index (χ1n) is 4.61. The molecule has 14 heavy (non-hydrogen) atoms. The third-order valence-electron chi connectivity index (χ3n) is 2.15. The summed E-state index contributed by atoms with van der Waals surface area (Å²) in [4.78, 5) is 2.05. The molecule has 0 heterocycles. The van der Waals surface area contributed by atoms with Gasteiger partial charge in [-0.15, -0.1) is 12.3 Å². The van der Waals surface area contributed by atoms with Crippen molar-refractivity contribution < 1.29 is 0 Å². The van der Waals surface area contributed by atoms with E-state index in [1.165, 1.54) is 0 Å². The quantitative estimate of drug-likeness (QED) is 0.733. The second-order valence-electron chi connectivity index (χ2n) is 3.50. The molecule has 1 unspecified atom stereocenters. The first kappa shape index (κ1) is 10.6. The number of nitrogens with two attached hydrogens (primary N) is 1. The molecule has 0 bridgehead atoms. The van der Waals surface area contributed by atoms with Crippen LogP contribution in [0.3, 0.4) is 0 Å². The van der Waals surface area contributed by atoms with Crippen LogP contribution in [-0.2, 0) is 0 Å². The minimum absolute atomic E-state index is 0.0556. The molecule has 0 fully saturated rings. The second-order valence-corrected chi connectivity index (χ2v) is 3.50. The number of benzene rings is 1. The van der Waals surface area contributed by atoms with Gasteiger partial charge in [-0.1, -0.05) is 12.1 Å². The second kappa shape index (κ2) is 4.69. The van der Waals surface area contributed by atoms with E-state index in [0.717, 1.165) is 11.3 Å². The molecule has 0 saturated heterocycles. The zero-order chi connectivity index (χ0) is 10.6. The van der Waals surface area contributed by atoms with Crippen LogP contribution in [-0.4, -0.2) is 14.1 Å². The molecule has 0 aromatic heterocycles. The molecule has 0 aliphatic heterocycles. The molecule has 74 valence electrons. The van der Waals surface area contributed by atoms with Gasteiger partial charge in [0.2, 0.25) is 0 Å². The Morgan fingerprint density at radius 1 is 1.50 bits per heavy atom. The third kappa shape index (κ3) is 2.51. The Kier molecular flexibility index (Phi) is 3.55. The fourth-order valence-corrected chi connectivity index (χ4v) is 1.28. The molecule has 1 rings (SSSR count). The smallest absolute Gasteiger partial charge is 0.0406 e. The maximum Gasteiger partial charge on any atom is 0.0406 e. The van der Waals surface area contributed by atoms with Crippen molar-refractivity contribution in [1.82, 2.24) is 0 Å². The fraction of sp³-hybridized carbons (Fsp3) is 0.333. The molecule has 0 spiro atoms. The van der Waals surface area contributed by atoms with Gasteiger partial charge in [0.1, 0.15) is 0 Å². The highest BCUT2D eigenvalue weighted by Gasteiger charge is 2.05. The summed E-state index contributed by atoms with van der Waals surface area (Å²) in [6.07, 6.45) is 5.80. The van der Waals surface area contributed by atoms with Gasteiger partial charge in [0.05, 0.1) is 0 Å². The highest BCUT2D eigenvalue weighted by Crippen LogP contribution is 2.19. The van der Waals surface area contributed by atoms with Crippen molar-refractivity contribution >= 4 is 5.69 Å². The third-order valence-corrected chi connectivity index (χ3v) is 2.15. The van der Waals surface area contributed by atoms with Crippen LogP contribution in [0.4, 0.5) is 5.69 Å². The molecule has 0 aliphatic rings. The van der Waals surface area contributed by atoms with Gasteiger partial charge in [-0.3, -0.25) is 0 Å². The largest absolute Gasteiger partial charge is 0.378 e. The van der Waals surface area contributed by atoms with Crippen LogP contribution >= 0.6 is 0 Å². The normalized spacial score (nSPS) is 11.9. The van der Waals surface area contributed by atoms with Crippen LogP contribution in [0, 0.1) is 12.3 Å². The predicted octanol–water partition coefficient (Wildman–Crippen LogP) is 1.78. The number of hydrogen-bond acceptors (Lipinski definition) is 2. The molecule has 1 atom stereocenters. The van der Waals surface area contributed by atoms with Crippen molar-refractivity contribution in [3.63, 3.8) is 0 Å². The first-order valence-corrected chi connectivity index (χ1v) is 4.61. The van der Waals surface area contributed by atoms with Gasteiger partial charge in [0.25, 0.3) is 0 Å². The van der Waals surface area contributed by atoms with Gasteiger partial charge in [0, 0.05) is 32.2 Å². The minimum atomic E-state index is -0.0556. The summed E-state index contributed by atoms with van der Waals surface area (Å²) in [5.74, 6) is 2.58. The Balaban J connectivity index is 2.89. The molecular weight excluding hydrogens is 172 g/mol. The van der Waals surface area contributed by atoms with Crippen LogP contribution in [0.1, 0.15) is 18.0 Å². The van der Waals surface area contributed by atoms with Crippen molar-refractivity contribution in [3.05, 3.63) is 29.8 Å². The van der Waals surface area contributed by atoms with E-state index < -0.39 is 0 Å². The predicted molar refractivity (Wildman–Crippen MR) is 61.1 cm³/mol. The van der Waals surface area contributed by atoms with Gasteiger partial charge in [-0.05, 0) is 17.7 Å². The van der Waals surface area contributed by atoms with Gasteiger partial charge < -0.3 is 10.6 Å². The maximum absolute atomic E-state index is 5.91. The van der Waals surface area contributed by atoms with E-state index in [0.29, 0.717) is 6.42 Å². The van der Waals surface area contributed by atoms with Crippen LogP contribution in [0.2, 0.25) is 0 Å². The van der Waals surface area contributed by atoms with Crippen LogP contribution in [0.15, 0.2) is 24.3 Å². The average Bonchev–Trinajstić information content (AvgIpc) is 2.18. The molecule has 1 aromatic carbocycles. The van der Waals surface area contributed by atoms with E-state index in [1.54, 1.807) is 0 Å². The molecule has 1 aromatic rings. The van der Waals surface area contributed by atoms with Crippen LogP contribution in [0.5, 0.6) is 0 Å². The number of hydrogen-bond donors (Lipinski definition) is 1. The summed E-state index contributed by atoms with van der Waals surface area (Å²) < 4.78 is 0. The van der Waals surface area contributed by atoms with E-state index in [9.17, 15) is 0 Å². The molecule has 0 amide bonds. The van der Waals surface area contributed by atoms with Gasteiger partial charge in [-0.25, -0.2) is 0 Å². The van der Waals surface area contributed by atoms with Gasteiger partial charge in [0.15, 0.2) is 0 Å². The zero-order valence-electron chi connectivity index (χ0n) is 8.70. The lowest BCUT2D eigenvalue weighted by Crippen LogP contribution is -2.12. The Hall–Kier alpha value is -1.46. The SMILES string of the molecule is C#CCC(N)c1cccc(N(C)C)c1. The summed E-state index contributed by atoms with van der Waals surface area (Å²) >= 11 is 0. The van der Waals surface area contributed by atoms with E-state index >= 15 is 0 Å². The molecular formula is C12H16N2. The Bertz CT molecular complexity index is 336. The number of anilines is 1. The maximum atomic E-state index is 5.91. The molecule has 2 heteroatoms. The lowest BCUT2D eigenvalue weighted by Gasteiger charge is -2.15. The molecule has 2 N–H and O–H groups in total. The first-order chi connectivity index (χ1) is 6.65. The Morgan fingerprint density at radius 3 is 2.79 bits per heavy atom. The summed E-state index contributed by atoms with van der Waals surface area (Å²) in [6, 6.07) is 8.07. The Morgan fingerprint density at radius 2 is 2.21 bits per heavy atom. The zero-order valence-corrected chi connectivity index (χ0v) is 8.70. The summed E-state index contributed by atoms with van der Waals surface area (Å²) in [5, 5.41) is 0. The lowest BCUT2D eigenvalue weighted by molar-refractivity contribution is 0.754. The lowest BCUT2D eigenvalue weighted by atomic mass is 10.0. The highest BCUT2D eigenvalue weighted by atomic mass is 15.1. The van der Waals surface area contributed by atoms with Crippen LogP contribution in [0.25, 0.3) is 0 Å². The van der Waals surface area contributed by atoms with Crippen LogP contribution < -0.4 is 10.6 Å². The van der Waals surface area contributed by atoms with E-state index in [1.807, 2.05) is 37.2 Å². The van der Waals surface area contributed by atoms with Crippen molar-refractivity contribution in [1.29, 1.82) is 0 Å². The summed E-state index contributed by atoms with van der Waals surface area (Å²) in [5.41, 5.74) is 8.15. The van der Waals surface area contributed by atoms with Crippen molar-refractivity contribution in [2.24, 2.45) is 5.73 Å². The van der Waals surface area contributed by atoms with Gasteiger partial charge in [-0.2, -0.15) is 0 Å². The van der Waals surface area contributed by atoms with Crippen molar-refractivity contribution in [3.8, 4) is 12.3 Å². The standard InChI is InChI=1S/C12H16N2/c1-4-6-12(13)10-7-5-8-11(9-10)14(2)3/h1,5,7-9,12H,6,13H2,2-3H3. The summed E-state index contributed by atoms with van der Waals surface area (Å²) in [6.45, 7) is 0. The van der Waals surface area contributed by atoms with Crippen molar-refractivity contribution in [2.45, 2.75) is 12.5 Å². The molecule has 0 aliphatic carbocycles. The molecule has 2 nitrogen and oxygen atoms in total. The molecule has 0 radical (unpaired) electrons. The van der Waals surface area contributed by atoms with E-state index in [-0.39, 0.29) is 6.04 Å². The highest BCUT2D eigenvalue weighted by molar-refractivity contribution is 5.47. The fourth-order valence-electron chi connectivity index (χ4n) is 1.28. The van der Waals surface area contributed by atoms with Gasteiger partial charge >= 0.3 is 0 Å². The number of terminal acetylenes is 1. The number of nitrogens with zero attached hydrogens (tertiary/aromatic N) is 1. The van der Waals surface area contributed by atoms with Crippen molar-refractivity contribution in [2.75, 3.05) is 19.0 Å². The number of rotatable bonds is 3. The Labute approximate surface area is 85.7 Å². The van der Waals surface area contributed by atoms with E-state index in [4.69, 9.17) is 12.2 Å². The summed E-state index contributed by atoms with van der Waals surface area (Å²) in [7, 11) is 4.01. The van der Waals surface area contributed by atoms with E-state index in [2.05, 4.69) is 12.0 Å². The monoisotopic (exact) mass is 188 g/mol. The molecule has 0 saturated carbocycles. The average molecular weight is 188 g/mol.